The quantitative estimate of drug-likeness (QED) is 0.187. The van der Waals surface area contributed by atoms with Gasteiger partial charge in [0.25, 0.3) is 0 Å². The Labute approximate surface area is 319 Å². The van der Waals surface area contributed by atoms with Crippen molar-refractivity contribution in [3.05, 3.63) is 222 Å². The van der Waals surface area contributed by atoms with Crippen molar-refractivity contribution in [1.29, 1.82) is 0 Å². The largest absolute Gasteiger partial charge is 0.464 e. The normalized spacial score (nSPS) is 14.8. The zero-order chi connectivity index (χ0) is 36.3. The molecule has 1 aromatic heterocycles. The number of nitrogens with one attached hydrogen (secondary N) is 1. The lowest BCUT2D eigenvalue weighted by molar-refractivity contribution is 0.260. The fourth-order valence-electron chi connectivity index (χ4n) is 8.73. The van der Waals surface area contributed by atoms with Crippen molar-refractivity contribution in [3.8, 4) is 50.6 Å². The van der Waals surface area contributed by atoms with Crippen LogP contribution in [0.1, 0.15) is 34.0 Å². The Hall–Kier alpha value is -7.17. The Morgan fingerprint density at radius 2 is 1.11 bits per heavy atom. The molecule has 4 nitrogen and oxygen atoms in total. The average Bonchev–Trinajstić information content (AvgIpc) is 3.97. The van der Waals surface area contributed by atoms with E-state index in [1.165, 1.54) is 33.4 Å². The second-order valence-corrected chi connectivity index (χ2v) is 14.3. The molecule has 1 atom stereocenters. The third-order valence-electron chi connectivity index (χ3n) is 11.2. The summed E-state index contributed by atoms with van der Waals surface area (Å²) < 4.78 is 12.7. The monoisotopic (exact) mass is 706 g/mol. The number of fused-ring (bicyclic) bond motifs is 5. The molecule has 2 aliphatic rings. The predicted molar refractivity (Wildman–Crippen MR) is 221 cm³/mol. The molecule has 1 aliphatic heterocycles. The van der Waals surface area contributed by atoms with Gasteiger partial charge in [-0.05, 0) is 110 Å². The van der Waals surface area contributed by atoms with Gasteiger partial charge in [0, 0.05) is 11.1 Å². The van der Waals surface area contributed by atoms with Crippen LogP contribution in [0.3, 0.4) is 0 Å². The van der Waals surface area contributed by atoms with Gasteiger partial charge in [0.05, 0.1) is 11.1 Å². The summed E-state index contributed by atoms with van der Waals surface area (Å²) in [5, 5.41) is 3.56. The molecule has 9 aromatic rings. The van der Waals surface area contributed by atoms with Gasteiger partial charge in [-0.15, -0.1) is 0 Å². The van der Waals surface area contributed by atoms with Crippen LogP contribution >= 0.6 is 0 Å². The highest BCUT2D eigenvalue weighted by Crippen LogP contribution is 2.56. The molecule has 260 valence electrons. The van der Waals surface area contributed by atoms with Crippen LogP contribution in [-0.2, 0) is 5.41 Å². The number of anilines is 1. The molecule has 55 heavy (non-hydrogen) atoms. The average molecular weight is 707 g/mol. The van der Waals surface area contributed by atoms with Crippen molar-refractivity contribution in [2.24, 2.45) is 0 Å². The highest BCUT2D eigenvalue weighted by Gasteiger charge is 2.46. The van der Waals surface area contributed by atoms with Crippen molar-refractivity contribution in [3.63, 3.8) is 0 Å². The maximum atomic E-state index is 6.43. The van der Waals surface area contributed by atoms with Gasteiger partial charge in [0.2, 0.25) is 5.89 Å². The van der Waals surface area contributed by atoms with E-state index >= 15 is 0 Å². The number of hydrogen-bond donors (Lipinski definition) is 1. The number of aromatic nitrogens is 1. The van der Waals surface area contributed by atoms with Crippen LogP contribution in [0.5, 0.6) is 5.75 Å². The van der Waals surface area contributed by atoms with Crippen molar-refractivity contribution in [1.82, 2.24) is 4.98 Å². The number of hydrogen-bond acceptors (Lipinski definition) is 4. The molecular formula is C51H34N2O2. The summed E-state index contributed by atoms with van der Waals surface area (Å²) in [5.41, 5.74) is 16.1. The number of ether oxygens (including phenoxy) is 1. The lowest BCUT2D eigenvalue weighted by Gasteiger charge is -2.34. The standard InChI is InChI=1S/C51H34N2O2/c1-3-16-39(17-4-1)51(40-18-5-2-6-19-40)43-21-8-7-20-41(43)42-27-26-35(32-44(42)51)33-14-13-15-34(28-33)36-29-37(49-52-45-22-9-11-24-47(45)54-49)31-38(30-36)50-53-46-23-10-12-25-48(46)55-50/h1-32,49,52H. The first-order chi connectivity index (χ1) is 27.2. The second-order valence-electron chi connectivity index (χ2n) is 14.3. The summed E-state index contributed by atoms with van der Waals surface area (Å²) in [4.78, 5) is 4.88. The van der Waals surface area contributed by atoms with Crippen LogP contribution < -0.4 is 10.1 Å². The molecule has 0 bridgehead atoms. The maximum absolute atomic E-state index is 6.43. The molecule has 1 aliphatic carbocycles. The molecular weight excluding hydrogens is 673 g/mol. The summed E-state index contributed by atoms with van der Waals surface area (Å²) in [5.74, 6) is 1.41. The van der Waals surface area contributed by atoms with Crippen LogP contribution in [0.25, 0.3) is 55.9 Å². The zero-order valence-electron chi connectivity index (χ0n) is 29.8. The minimum atomic E-state index is -0.462. The van der Waals surface area contributed by atoms with Gasteiger partial charge in [-0.1, -0.05) is 140 Å². The van der Waals surface area contributed by atoms with E-state index in [2.05, 4.69) is 151 Å². The van der Waals surface area contributed by atoms with Crippen LogP contribution in [0.4, 0.5) is 5.69 Å². The number of oxazole rings is 1. The summed E-state index contributed by atoms with van der Waals surface area (Å²) in [6.45, 7) is 0. The molecule has 1 N–H and O–H groups in total. The van der Waals surface area contributed by atoms with Gasteiger partial charge >= 0.3 is 0 Å². The minimum Gasteiger partial charge on any atom is -0.464 e. The van der Waals surface area contributed by atoms with Gasteiger partial charge in [-0.2, -0.15) is 0 Å². The van der Waals surface area contributed by atoms with Gasteiger partial charge in [0.1, 0.15) is 11.3 Å². The summed E-state index contributed by atoms with van der Waals surface area (Å²) >= 11 is 0. The minimum absolute atomic E-state index is 0.355. The fraction of sp³-hybridized carbons (Fsp3) is 0.0392. The van der Waals surface area contributed by atoms with Gasteiger partial charge in [0.15, 0.2) is 11.8 Å². The van der Waals surface area contributed by atoms with E-state index in [1.54, 1.807) is 0 Å². The van der Waals surface area contributed by atoms with E-state index in [0.29, 0.717) is 5.89 Å². The van der Waals surface area contributed by atoms with Crippen molar-refractivity contribution in [2.75, 3.05) is 5.32 Å². The van der Waals surface area contributed by atoms with Crippen molar-refractivity contribution < 1.29 is 9.15 Å². The summed E-state index contributed by atoms with van der Waals surface area (Å²) in [6.07, 6.45) is -0.355. The molecule has 0 fully saturated rings. The highest BCUT2D eigenvalue weighted by molar-refractivity contribution is 5.89. The predicted octanol–water partition coefficient (Wildman–Crippen LogP) is 12.7. The summed E-state index contributed by atoms with van der Waals surface area (Å²) in [7, 11) is 0. The topological polar surface area (TPSA) is 47.3 Å². The third kappa shape index (κ3) is 5.03. The van der Waals surface area contributed by atoms with E-state index in [9.17, 15) is 0 Å². The molecule has 0 saturated heterocycles. The Bertz CT molecular complexity index is 2800. The van der Waals surface area contributed by atoms with E-state index in [4.69, 9.17) is 14.1 Å². The zero-order valence-corrected chi connectivity index (χ0v) is 29.8. The number of rotatable bonds is 6. The van der Waals surface area contributed by atoms with E-state index in [-0.39, 0.29) is 6.23 Å². The molecule has 8 aromatic carbocycles. The third-order valence-corrected chi connectivity index (χ3v) is 11.2. The summed E-state index contributed by atoms with van der Waals surface area (Å²) in [6, 6.07) is 69.1. The molecule has 4 heteroatoms. The Kier molecular flexibility index (Phi) is 7.11. The first-order valence-electron chi connectivity index (χ1n) is 18.7. The van der Waals surface area contributed by atoms with Gasteiger partial charge < -0.3 is 14.5 Å². The molecule has 2 heterocycles. The molecule has 0 radical (unpaired) electrons. The van der Waals surface area contributed by atoms with E-state index in [0.717, 1.165) is 55.9 Å². The van der Waals surface area contributed by atoms with E-state index < -0.39 is 5.41 Å². The fourth-order valence-corrected chi connectivity index (χ4v) is 8.73. The van der Waals surface area contributed by atoms with Crippen LogP contribution in [0.15, 0.2) is 199 Å². The maximum Gasteiger partial charge on any atom is 0.227 e. The molecule has 0 spiro atoms. The first-order valence-corrected chi connectivity index (χ1v) is 18.7. The smallest absolute Gasteiger partial charge is 0.227 e. The number of nitrogens with zero attached hydrogens (tertiary/aromatic N) is 1. The highest BCUT2D eigenvalue weighted by atomic mass is 16.5. The van der Waals surface area contributed by atoms with Crippen LogP contribution in [0, 0.1) is 0 Å². The lowest BCUT2D eigenvalue weighted by atomic mass is 9.67. The number of para-hydroxylation sites is 4. The lowest BCUT2D eigenvalue weighted by Crippen LogP contribution is -2.28. The second kappa shape index (κ2) is 12.5. The van der Waals surface area contributed by atoms with E-state index in [1.807, 2.05) is 48.5 Å². The van der Waals surface area contributed by atoms with Crippen molar-refractivity contribution >= 4 is 16.8 Å². The Morgan fingerprint density at radius 1 is 0.473 bits per heavy atom. The molecule has 0 saturated carbocycles. The van der Waals surface area contributed by atoms with Crippen molar-refractivity contribution in [2.45, 2.75) is 11.6 Å². The molecule has 11 rings (SSSR count). The SMILES string of the molecule is c1ccc(C2(c3ccccc3)c3ccccc3-c3ccc(-c4cccc(-c5cc(-c6nc7ccccc7o6)cc(C6Nc7ccccc7O6)c5)c4)cc32)cc1. The Balaban J connectivity index is 1.06. The van der Waals surface area contributed by atoms with Crippen LogP contribution in [-0.4, -0.2) is 4.98 Å². The number of benzene rings is 8. The van der Waals surface area contributed by atoms with Crippen LogP contribution in [0.2, 0.25) is 0 Å². The Morgan fingerprint density at radius 3 is 1.91 bits per heavy atom. The molecule has 0 amide bonds. The van der Waals surface area contributed by atoms with Gasteiger partial charge in [-0.3, -0.25) is 0 Å². The molecule has 1 unspecified atom stereocenters. The van der Waals surface area contributed by atoms with Gasteiger partial charge in [-0.25, -0.2) is 4.98 Å². The first kappa shape index (κ1) is 31.4.